The molecule has 26 heavy (non-hydrogen) atoms. The van der Waals surface area contributed by atoms with Crippen molar-refractivity contribution in [2.75, 3.05) is 0 Å². The zero-order chi connectivity index (χ0) is 17.7. The van der Waals surface area contributed by atoms with Gasteiger partial charge in [-0.15, -0.1) is 0 Å². The Bertz CT molecular complexity index is 1270. The zero-order valence-corrected chi connectivity index (χ0v) is 13.6. The van der Waals surface area contributed by atoms with E-state index in [0.29, 0.717) is 11.2 Å². The van der Waals surface area contributed by atoms with Crippen LogP contribution in [-0.4, -0.2) is 15.0 Å². The summed E-state index contributed by atoms with van der Waals surface area (Å²) >= 11 is 0. The predicted molar refractivity (Wildman–Crippen MR) is 98.7 cm³/mol. The molecular formula is C21H13F2N3. The zero-order valence-electron chi connectivity index (χ0n) is 13.6. The van der Waals surface area contributed by atoms with Gasteiger partial charge in [0, 0.05) is 46.2 Å². The molecule has 0 spiro atoms. The van der Waals surface area contributed by atoms with Crippen LogP contribution >= 0.6 is 0 Å². The monoisotopic (exact) mass is 345 g/mol. The maximum absolute atomic E-state index is 14.2. The molecule has 0 atom stereocenters. The normalized spacial score (nSPS) is 11.5. The predicted octanol–water partition coefficient (Wildman–Crippen LogP) is 5.66. The average Bonchev–Trinajstić information content (AvgIpc) is 3.29. The standard InChI is InChI=1S/C21H13F2N3/c22-18-3-1-2-15(20(18)23)17-11-26-21-16(17)9-14(10-25-21)12-4-5-19-13(8-12)6-7-24-19/h1-11,24H,(H,25,26). The minimum Gasteiger partial charge on any atom is -0.361 e. The maximum Gasteiger partial charge on any atom is 0.166 e. The average molecular weight is 345 g/mol. The summed E-state index contributed by atoms with van der Waals surface area (Å²) in [6, 6.07) is 14.2. The number of pyridine rings is 1. The highest BCUT2D eigenvalue weighted by Gasteiger charge is 2.15. The highest BCUT2D eigenvalue weighted by molar-refractivity contribution is 5.96. The topological polar surface area (TPSA) is 44.5 Å². The number of benzene rings is 2. The van der Waals surface area contributed by atoms with Crippen LogP contribution in [0.5, 0.6) is 0 Å². The van der Waals surface area contributed by atoms with Crippen LogP contribution in [-0.2, 0) is 0 Å². The van der Waals surface area contributed by atoms with Crippen molar-refractivity contribution in [3.05, 3.63) is 78.8 Å². The molecule has 0 amide bonds. The van der Waals surface area contributed by atoms with Gasteiger partial charge in [0.15, 0.2) is 11.6 Å². The molecule has 0 aliphatic rings. The molecule has 0 aliphatic heterocycles. The third-order valence-electron chi connectivity index (χ3n) is 4.66. The molecule has 3 aromatic heterocycles. The summed E-state index contributed by atoms with van der Waals surface area (Å²) in [7, 11) is 0. The third kappa shape index (κ3) is 2.21. The van der Waals surface area contributed by atoms with Crippen molar-refractivity contribution < 1.29 is 8.78 Å². The lowest BCUT2D eigenvalue weighted by atomic mass is 10.0. The van der Waals surface area contributed by atoms with Gasteiger partial charge in [0.25, 0.3) is 0 Å². The van der Waals surface area contributed by atoms with Crippen LogP contribution in [0.4, 0.5) is 8.78 Å². The van der Waals surface area contributed by atoms with Crippen molar-refractivity contribution in [2.45, 2.75) is 0 Å². The summed E-state index contributed by atoms with van der Waals surface area (Å²) in [5.74, 6) is -1.72. The molecular weight excluding hydrogens is 332 g/mol. The molecule has 0 fully saturated rings. The lowest BCUT2D eigenvalue weighted by Crippen LogP contribution is -1.88. The molecule has 0 saturated heterocycles. The fraction of sp³-hybridized carbons (Fsp3) is 0. The number of H-pyrrole nitrogens is 2. The first-order valence-electron chi connectivity index (χ1n) is 8.20. The summed E-state index contributed by atoms with van der Waals surface area (Å²) in [5.41, 5.74) is 4.43. The molecule has 3 heterocycles. The molecule has 0 radical (unpaired) electrons. The number of aromatic amines is 2. The van der Waals surface area contributed by atoms with E-state index >= 15 is 0 Å². The Morgan fingerprint density at radius 3 is 2.69 bits per heavy atom. The van der Waals surface area contributed by atoms with Gasteiger partial charge >= 0.3 is 0 Å². The van der Waals surface area contributed by atoms with Crippen LogP contribution in [0.25, 0.3) is 44.2 Å². The van der Waals surface area contributed by atoms with Gasteiger partial charge in [0.1, 0.15) is 5.65 Å². The second kappa shape index (κ2) is 5.52. The fourth-order valence-electron chi connectivity index (χ4n) is 3.33. The quantitative estimate of drug-likeness (QED) is 0.426. The summed E-state index contributed by atoms with van der Waals surface area (Å²) in [4.78, 5) is 10.6. The van der Waals surface area contributed by atoms with E-state index in [1.807, 2.05) is 30.5 Å². The molecule has 2 aromatic carbocycles. The number of nitrogens with one attached hydrogen (secondary N) is 2. The molecule has 0 unspecified atom stereocenters. The summed E-state index contributed by atoms with van der Waals surface area (Å²) < 4.78 is 27.9. The van der Waals surface area contributed by atoms with Crippen LogP contribution in [0.2, 0.25) is 0 Å². The molecule has 0 saturated carbocycles. The van der Waals surface area contributed by atoms with Crippen molar-refractivity contribution in [1.82, 2.24) is 15.0 Å². The van der Waals surface area contributed by atoms with Gasteiger partial charge in [0.05, 0.1) is 0 Å². The maximum atomic E-state index is 14.2. The smallest absolute Gasteiger partial charge is 0.166 e. The van der Waals surface area contributed by atoms with E-state index in [-0.39, 0.29) is 5.56 Å². The molecule has 5 aromatic rings. The third-order valence-corrected chi connectivity index (χ3v) is 4.66. The summed E-state index contributed by atoms with van der Waals surface area (Å²) in [6.07, 6.45) is 5.33. The van der Waals surface area contributed by atoms with E-state index < -0.39 is 11.6 Å². The van der Waals surface area contributed by atoms with Crippen molar-refractivity contribution in [3.63, 3.8) is 0 Å². The van der Waals surface area contributed by atoms with Crippen molar-refractivity contribution in [1.29, 1.82) is 0 Å². The Hall–Kier alpha value is -3.47. The molecule has 126 valence electrons. The van der Waals surface area contributed by atoms with E-state index in [4.69, 9.17) is 0 Å². The molecule has 0 aliphatic carbocycles. The number of halogens is 2. The van der Waals surface area contributed by atoms with Crippen LogP contribution in [0, 0.1) is 11.6 Å². The van der Waals surface area contributed by atoms with Crippen LogP contribution < -0.4 is 0 Å². The van der Waals surface area contributed by atoms with Gasteiger partial charge in [0.2, 0.25) is 0 Å². The molecule has 2 N–H and O–H groups in total. The number of nitrogens with zero attached hydrogens (tertiary/aromatic N) is 1. The minimum atomic E-state index is -0.862. The van der Waals surface area contributed by atoms with Gasteiger partial charge in [-0.3, -0.25) is 0 Å². The van der Waals surface area contributed by atoms with Crippen molar-refractivity contribution >= 4 is 21.9 Å². The lowest BCUT2D eigenvalue weighted by molar-refractivity contribution is 0.511. The number of aromatic nitrogens is 3. The van der Waals surface area contributed by atoms with E-state index in [1.54, 1.807) is 18.5 Å². The largest absolute Gasteiger partial charge is 0.361 e. The lowest BCUT2D eigenvalue weighted by Gasteiger charge is -2.05. The Morgan fingerprint density at radius 1 is 0.846 bits per heavy atom. The number of hydrogen-bond acceptors (Lipinski definition) is 1. The van der Waals surface area contributed by atoms with Gasteiger partial charge in [-0.1, -0.05) is 18.2 Å². The Kier molecular flexibility index (Phi) is 3.15. The van der Waals surface area contributed by atoms with Gasteiger partial charge in [-0.25, -0.2) is 13.8 Å². The van der Waals surface area contributed by atoms with Gasteiger partial charge in [-0.05, 0) is 41.3 Å². The van der Waals surface area contributed by atoms with Gasteiger partial charge in [-0.2, -0.15) is 0 Å². The second-order valence-corrected chi connectivity index (χ2v) is 6.20. The van der Waals surface area contributed by atoms with Crippen LogP contribution in [0.1, 0.15) is 0 Å². The summed E-state index contributed by atoms with van der Waals surface area (Å²) in [5, 5.41) is 1.86. The first-order valence-corrected chi connectivity index (χ1v) is 8.20. The molecule has 0 bridgehead atoms. The first kappa shape index (κ1) is 14.8. The van der Waals surface area contributed by atoms with Crippen molar-refractivity contribution in [3.8, 4) is 22.3 Å². The summed E-state index contributed by atoms with van der Waals surface area (Å²) in [6.45, 7) is 0. The van der Waals surface area contributed by atoms with Gasteiger partial charge < -0.3 is 9.97 Å². The second-order valence-electron chi connectivity index (χ2n) is 6.20. The first-order chi connectivity index (χ1) is 12.7. The van der Waals surface area contributed by atoms with E-state index in [1.165, 1.54) is 6.07 Å². The number of fused-ring (bicyclic) bond motifs is 2. The molecule has 5 heteroatoms. The SMILES string of the molecule is Fc1cccc(-c2c[nH]c3ncc(-c4ccc5[nH]ccc5c4)cc23)c1F. The van der Waals surface area contributed by atoms with Crippen molar-refractivity contribution in [2.24, 2.45) is 0 Å². The Morgan fingerprint density at radius 2 is 1.77 bits per heavy atom. The van der Waals surface area contributed by atoms with E-state index in [2.05, 4.69) is 21.0 Å². The Labute approximate surface area is 147 Å². The fourth-order valence-corrected chi connectivity index (χ4v) is 3.33. The molecule has 5 rings (SSSR count). The van der Waals surface area contributed by atoms with Crippen LogP contribution in [0.15, 0.2) is 67.1 Å². The van der Waals surface area contributed by atoms with E-state index in [0.717, 1.165) is 33.5 Å². The highest BCUT2D eigenvalue weighted by atomic mass is 19.2. The number of hydrogen-bond donors (Lipinski definition) is 2. The Balaban J connectivity index is 1.70. The van der Waals surface area contributed by atoms with Crippen LogP contribution in [0.3, 0.4) is 0 Å². The highest BCUT2D eigenvalue weighted by Crippen LogP contribution is 2.33. The molecule has 3 nitrogen and oxygen atoms in total. The number of rotatable bonds is 2. The minimum absolute atomic E-state index is 0.219. The van der Waals surface area contributed by atoms with E-state index in [9.17, 15) is 8.78 Å².